The quantitative estimate of drug-likeness (QED) is 0.723. The van der Waals surface area contributed by atoms with E-state index < -0.39 is 12.0 Å². The average Bonchev–Trinajstić information content (AvgIpc) is 2.37. The Morgan fingerprint density at radius 1 is 1.19 bits per heavy atom. The van der Waals surface area contributed by atoms with Crippen LogP contribution < -0.4 is 10.6 Å². The predicted molar refractivity (Wildman–Crippen MR) is 75.3 cm³/mol. The number of aromatic nitrogens is 2. The monoisotopic (exact) mass is 306 g/mol. The highest BCUT2D eigenvalue weighted by Crippen LogP contribution is 2.28. The molecule has 0 unspecified atom stereocenters. The van der Waals surface area contributed by atoms with Crippen molar-refractivity contribution in [1.82, 2.24) is 9.97 Å². The second-order valence-corrected chi connectivity index (χ2v) is 4.89. The molecule has 2 N–H and O–H groups in total. The van der Waals surface area contributed by atoms with E-state index in [4.69, 9.17) is 4.74 Å². The summed E-state index contributed by atoms with van der Waals surface area (Å²) in [5, 5.41) is 5.57. The smallest absolute Gasteiger partial charge is 0.379 e. The molecule has 1 aromatic rings. The molecule has 8 heteroatoms. The van der Waals surface area contributed by atoms with E-state index in [0.29, 0.717) is 32.2 Å². The minimum absolute atomic E-state index is 0.126. The molecule has 0 spiro atoms. The summed E-state index contributed by atoms with van der Waals surface area (Å²) < 4.78 is 43.5. The summed E-state index contributed by atoms with van der Waals surface area (Å²) in [5.41, 5.74) is 0. The Kier molecular flexibility index (Phi) is 6.67. The van der Waals surface area contributed by atoms with Crippen molar-refractivity contribution in [3.63, 3.8) is 0 Å². The normalized spacial score (nSPS) is 11.8. The molecule has 21 heavy (non-hydrogen) atoms. The van der Waals surface area contributed by atoms with E-state index in [0.717, 1.165) is 0 Å². The van der Waals surface area contributed by atoms with Gasteiger partial charge in [-0.25, -0.2) is 9.97 Å². The zero-order valence-corrected chi connectivity index (χ0v) is 12.4. The molecule has 0 radical (unpaired) electrons. The summed E-state index contributed by atoms with van der Waals surface area (Å²) in [6, 6.07) is 1.45. The van der Waals surface area contributed by atoms with Gasteiger partial charge in [0.15, 0.2) is 0 Å². The summed E-state index contributed by atoms with van der Waals surface area (Å²) in [6.45, 7) is 7.70. The van der Waals surface area contributed by atoms with E-state index in [2.05, 4.69) is 20.6 Å². The van der Waals surface area contributed by atoms with Crippen molar-refractivity contribution in [3.05, 3.63) is 11.9 Å². The minimum Gasteiger partial charge on any atom is -0.379 e. The van der Waals surface area contributed by atoms with E-state index in [-0.39, 0.29) is 11.6 Å². The molecule has 0 saturated carbocycles. The molecule has 1 heterocycles. The molecule has 0 fully saturated rings. The van der Waals surface area contributed by atoms with Gasteiger partial charge in [0.25, 0.3) is 0 Å². The summed E-state index contributed by atoms with van der Waals surface area (Å²) in [5.74, 6) is -0.473. The third-order valence-corrected chi connectivity index (χ3v) is 2.34. The van der Waals surface area contributed by atoms with Gasteiger partial charge >= 0.3 is 6.18 Å². The first kappa shape index (κ1) is 17.5. The SMILES string of the molecule is CCNc1cc(NCCOCC(C)C)nc(C(F)(F)F)n1. The fourth-order valence-electron chi connectivity index (χ4n) is 1.51. The number of hydrogen-bond donors (Lipinski definition) is 2. The third-order valence-electron chi connectivity index (χ3n) is 2.34. The lowest BCUT2D eigenvalue weighted by atomic mass is 10.2. The van der Waals surface area contributed by atoms with Crippen LogP contribution in [0.5, 0.6) is 0 Å². The second-order valence-electron chi connectivity index (χ2n) is 4.89. The van der Waals surface area contributed by atoms with Gasteiger partial charge in [0.05, 0.1) is 6.61 Å². The van der Waals surface area contributed by atoms with Crippen LogP contribution in [0.4, 0.5) is 24.8 Å². The summed E-state index contributed by atoms with van der Waals surface area (Å²) >= 11 is 0. The maximum Gasteiger partial charge on any atom is 0.451 e. The van der Waals surface area contributed by atoms with Crippen LogP contribution in [0.15, 0.2) is 6.07 Å². The number of ether oxygens (including phenoxy) is 1. The van der Waals surface area contributed by atoms with Gasteiger partial charge in [0.1, 0.15) is 11.6 Å². The van der Waals surface area contributed by atoms with Crippen LogP contribution in [0.25, 0.3) is 0 Å². The molecule has 0 aliphatic heterocycles. The van der Waals surface area contributed by atoms with Gasteiger partial charge in [-0.05, 0) is 12.8 Å². The Hall–Kier alpha value is -1.57. The number of anilines is 2. The maximum absolute atomic E-state index is 12.7. The molecule has 0 aromatic carbocycles. The third kappa shape index (κ3) is 6.61. The molecule has 1 aromatic heterocycles. The van der Waals surface area contributed by atoms with Gasteiger partial charge in [0.2, 0.25) is 5.82 Å². The molecule has 0 amide bonds. The average molecular weight is 306 g/mol. The molecule has 1 rings (SSSR count). The number of alkyl halides is 3. The number of rotatable bonds is 8. The van der Waals surface area contributed by atoms with E-state index in [1.807, 2.05) is 13.8 Å². The molecule has 0 aliphatic carbocycles. The largest absolute Gasteiger partial charge is 0.451 e. The topological polar surface area (TPSA) is 59.1 Å². The van der Waals surface area contributed by atoms with Crippen molar-refractivity contribution < 1.29 is 17.9 Å². The Morgan fingerprint density at radius 3 is 2.33 bits per heavy atom. The molecule has 0 bridgehead atoms. The second kappa shape index (κ2) is 8.02. The highest BCUT2D eigenvalue weighted by molar-refractivity contribution is 5.47. The van der Waals surface area contributed by atoms with Crippen LogP contribution in [0, 0.1) is 5.92 Å². The molecule has 0 aliphatic rings. The predicted octanol–water partition coefficient (Wildman–Crippen LogP) is 3.01. The van der Waals surface area contributed by atoms with Gasteiger partial charge in [-0.2, -0.15) is 13.2 Å². The highest BCUT2D eigenvalue weighted by Gasteiger charge is 2.35. The fraction of sp³-hybridized carbons (Fsp3) is 0.692. The van der Waals surface area contributed by atoms with Crippen molar-refractivity contribution in [2.24, 2.45) is 5.92 Å². The molecule has 0 saturated heterocycles. The molecular formula is C13H21F3N4O. The van der Waals surface area contributed by atoms with E-state index in [1.54, 1.807) is 6.92 Å². The molecular weight excluding hydrogens is 285 g/mol. The Labute approximate surface area is 122 Å². The van der Waals surface area contributed by atoms with E-state index >= 15 is 0 Å². The van der Waals surface area contributed by atoms with E-state index in [1.165, 1.54) is 6.07 Å². The van der Waals surface area contributed by atoms with Crippen LogP contribution in [-0.2, 0) is 10.9 Å². The van der Waals surface area contributed by atoms with Gasteiger partial charge in [0, 0.05) is 25.8 Å². The first-order valence-corrected chi connectivity index (χ1v) is 6.84. The van der Waals surface area contributed by atoms with Crippen molar-refractivity contribution in [2.45, 2.75) is 26.9 Å². The van der Waals surface area contributed by atoms with Gasteiger partial charge in [-0.3, -0.25) is 0 Å². The van der Waals surface area contributed by atoms with Crippen LogP contribution in [0.1, 0.15) is 26.6 Å². The number of halogens is 3. The fourth-order valence-corrected chi connectivity index (χ4v) is 1.51. The first-order chi connectivity index (χ1) is 9.82. The Bertz CT molecular complexity index is 438. The Morgan fingerprint density at radius 2 is 1.81 bits per heavy atom. The van der Waals surface area contributed by atoms with Crippen LogP contribution in [0.3, 0.4) is 0 Å². The van der Waals surface area contributed by atoms with Gasteiger partial charge < -0.3 is 15.4 Å². The lowest BCUT2D eigenvalue weighted by molar-refractivity contribution is -0.144. The maximum atomic E-state index is 12.7. The van der Waals surface area contributed by atoms with Crippen molar-refractivity contribution >= 4 is 11.6 Å². The van der Waals surface area contributed by atoms with Crippen molar-refractivity contribution in [3.8, 4) is 0 Å². The van der Waals surface area contributed by atoms with Crippen LogP contribution >= 0.6 is 0 Å². The standard InChI is InChI=1S/C13H21F3N4O/c1-4-17-10-7-11(18-5-6-21-8-9(2)3)20-12(19-10)13(14,15)16/h7,9H,4-6,8H2,1-3H3,(H2,17,18,19,20). The highest BCUT2D eigenvalue weighted by atomic mass is 19.4. The molecule has 5 nitrogen and oxygen atoms in total. The number of hydrogen-bond acceptors (Lipinski definition) is 5. The summed E-state index contributed by atoms with van der Waals surface area (Å²) in [6.07, 6.45) is -4.57. The van der Waals surface area contributed by atoms with Crippen LogP contribution in [0.2, 0.25) is 0 Å². The summed E-state index contributed by atoms with van der Waals surface area (Å²) in [7, 11) is 0. The Balaban J connectivity index is 2.65. The minimum atomic E-state index is -4.57. The van der Waals surface area contributed by atoms with Crippen molar-refractivity contribution in [1.29, 1.82) is 0 Å². The van der Waals surface area contributed by atoms with Crippen LogP contribution in [-0.4, -0.2) is 36.3 Å². The lowest BCUT2D eigenvalue weighted by Gasteiger charge is -2.12. The lowest BCUT2D eigenvalue weighted by Crippen LogP contribution is -2.17. The van der Waals surface area contributed by atoms with E-state index in [9.17, 15) is 13.2 Å². The molecule has 120 valence electrons. The first-order valence-electron chi connectivity index (χ1n) is 6.84. The van der Waals surface area contributed by atoms with Crippen molar-refractivity contribution in [2.75, 3.05) is 36.9 Å². The van der Waals surface area contributed by atoms with Gasteiger partial charge in [-0.15, -0.1) is 0 Å². The summed E-state index contributed by atoms with van der Waals surface area (Å²) in [4.78, 5) is 6.92. The number of nitrogens with zero attached hydrogens (tertiary/aromatic N) is 2. The van der Waals surface area contributed by atoms with Gasteiger partial charge in [-0.1, -0.05) is 13.8 Å². The number of nitrogens with one attached hydrogen (secondary N) is 2. The zero-order chi connectivity index (χ0) is 15.9. The molecule has 0 atom stereocenters. The zero-order valence-electron chi connectivity index (χ0n) is 12.4.